The SMILES string of the molecule is O=c1nc2scnn2c2c1[C@H](c1ccccc1)SC(=S)N2. The molecule has 2 aromatic heterocycles. The molecule has 0 radical (unpaired) electrons. The van der Waals surface area contributed by atoms with Crippen molar-refractivity contribution >= 4 is 50.4 Å². The van der Waals surface area contributed by atoms with Crippen LogP contribution in [-0.4, -0.2) is 18.9 Å². The smallest absolute Gasteiger partial charge is 0.280 e. The fraction of sp³-hybridized carbons (Fsp3) is 0.0769. The minimum atomic E-state index is -0.231. The van der Waals surface area contributed by atoms with Crippen molar-refractivity contribution in [1.29, 1.82) is 0 Å². The summed E-state index contributed by atoms with van der Waals surface area (Å²) in [6, 6.07) is 9.83. The Morgan fingerprint density at radius 3 is 2.90 bits per heavy atom. The van der Waals surface area contributed by atoms with Gasteiger partial charge in [-0.1, -0.05) is 65.6 Å². The number of fused-ring (bicyclic) bond motifs is 3. The van der Waals surface area contributed by atoms with Crippen LogP contribution in [0.2, 0.25) is 0 Å². The van der Waals surface area contributed by atoms with Crippen molar-refractivity contribution in [2.24, 2.45) is 0 Å². The van der Waals surface area contributed by atoms with E-state index in [1.54, 1.807) is 10.0 Å². The van der Waals surface area contributed by atoms with Crippen molar-refractivity contribution in [3.63, 3.8) is 0 Å². The van der Waals surface area contributed by atoms with Gasteiger partial charge in [-0.05, 0) is 5.56 Å². The monoisotopic (exact) mass is 332 g/mol. The predicted molar refractivity (Wildman–Crippen MR) is 89.2 cm³/mol. The fourth-order valence-electron chi connectivity index (χ4n) is 2.32. The van der Waals surface area contributed by atoms with Gasteiger partial charge in [0.2, 0.25) is 4.96 Å². The molecule has 0 aliphatic carbocycles. The summed E-state index contributed by atoms with van der Waals surface area (Å²) in [5, 5.41) is 7.17. The molecule has 21 heavy (non-hydrogen) atoms. The quantitative estimate of drug-likeness (QED) is 0.692. The fourth-order valence-corrected chi connectivity index (χ4v) is 4.31. The number of thiocarbonyl (C=S) groups is 1. The van der Waals surface area contributed by atoms with Gasteiger partial charge in [0.25, 0.3) is 5.56 Å². The van der Waals surface area contributed by atoms with E-state index in [0.717, 1.165) is 5.56 Å². The first-order valence-electron chi connectivity index (χ1n) is 6.13. The molecule has 0 amide bonds. The lowest BCUT2D eigenvalue weighted by atomic mass is 10.1. The molecule has 0 saturated heterocycles. The Morgan fingerprint density at radius 1 is 1.29 bits per heavy atom. The molecule has 0 spiro atoms. The second-order valence-electron chi connectivity index (χ2n) is 4.43. The van der Waals surface area contributed by atoms with Crippen LogP contribution >= 0.6 is 35.3 Å². The summed E-state index contributed by atoms with van der Waals surface area (Å²) < 4.78 is 2.27. The number of nitrogens with zero attached hydrogens (tertiary/aromatic N) is 3. The van der Waals surface area contributed by atoms with Crippen molar-refractivity contribution in [3.05, 3.63) is 57.3 Å². The minimum absolute atomic E-state index is 0.159. The van der Waals surface area contributed by atoms with E-state index in [2.05, 4.69) is 15.4 Å². The summed E-state index contributed by atoms with van der Waals surface area (Å²) in [4.78, 5) is 17.1. The first-order chi connectivity index (χ1) is 10.2. The van der Waals surface area contributed by atoms with Crippen LogP contribution in [0.3, 0.4) is 0 Å². The van der Waals surface area contributed by atoms with Crippen molar-refractivity contribution < 1.29 is 0 Å². The molecule has 0 bridgehead atoms. The lowest BCUT2D eigenvalue weighted by molar-refractivity contribution is 0.910. The maximum absolute atomic E-state index is 12.4. The standard InChI is InChI=1S/C13H8N4OS3/c18-11-8-9(7-4-2-1-3-5-7)21-13(19)15-10(8)17-12(16-11)20-6-14-17/h1-6,9H,(H,15,19)/t9-/m0/s1. The number of benzene rings is 1. The average Bonchev–Trinajstić information content (AvgIpc) is 2.95. The van der Waals surface area contributed by atoms with Crippen LogP contribution in [0.4, 0.5) is 5.82 Å². The molecule has 1 atom stereocenters. The molecule has 5 nitrogen and oxygen atoms in total. The summed E-state index contributed by atoms with van der Waals surface area (Å²) in [6.45, 7) is 0. The summed E-state index contributed by atoms with van der Waals surface area (Å²) in [7, 11) is 0. The van der Waals surface area contributed by atoms with E-state index >= 15 is 0 Å². The third-order valence-corrected chi connectivity index (χ3v) is 5.33. The molecule has 1 aliphatic rings. The highest BCUT2D eigenvalue weighted by Crippen LogP contribution is 2.42. The van der Waals surface area contributed by atoms with Gasteiger partial charge in [0, 0.05) is 0 Å². The van der Waals surface area contributed by atoms with E-state index in [0.29, 0.717) is 20.7 Å². The molecule has 8 heteroatoms. The van der Waals surface area contributed by atoms with Gasteiger partial charge < -0.3 is 5.32 Å². The summed E-state index contributed by atoms with van der Waals surface area (Å²) in [6.07, 6.45) is 0. The van der Waals surface area contributed by atoms with Gasteiger partial charge in [-0.2, -0.15) is 14.6 Å². The van der Waals surface area contributed by atoms with Crippen molar-refractivity contribution in [1.82, 2.24) is 14.6 Å². The zero-order chi connectivity index (χ0) is 14.4. The molecule has 3 aromatic rings. The number of hydrogen-bond acceptors (Lipinski definition) is 6. The number of hydrogen-bond donors (Lipinski definition) is 1. The Labute approximate surface area is 133 Å². The van der Waals surface area contributed by atoms with Gasteiger partial charge >= 0.3 is 0 Å². The maximum Gasteiger partial charge on any atom is 0.280 e. The Morgan fingerprint density at radius 2 is 2.10 bits per heavy atom. The van der Waals surface area contributed by atoms with Crippen LogP contribution in [-0.2, 0) is 0 Å². The largest absolute Gasteiger partial charge is 0.325 e. The Bertz CT molecular complexity index is 903. The first kappa shape index (κ1) is 12.9. The highest BCUT2D eigenvalue weighted by Gasteiger charge is 2.31. The van der Waals surface area contributed by atoms with Crippen LogP contribution in [0.5, 0.6) is 0 Å². The van der Waals surface area contributed by atoms with E-state index in [9.17, 15) is 4.79 Å². The molecular formula is C13H8N4OS3. The van der Waals surface area contributed by atoms with Gasteiger partial charge in [0.1, 0.15) is 15.6 Å². The minimum Gasteiger partial charge on any atom is -0.325 e. The normalized spacial score (nSPS) is 17.5. The van der Waals surface area contributed by atoms with Crippen LogP contribution in [0, 0.1) is 0 Å². The second kappa shape index (κ2) is 4.90. The average molecular weight is 332 g/mol. The van der Waals surface area contributed by atoms with E-state index in [1.165, 1.54) is 23.1 Å². The molecule has 0 unspecified atom stereocenters. The van der Waals surface area contributed by atoms with Crippen molar-refractivity contribution in [2.45, 2.75) is 5.25 Å². The number of thioether (sulfide) groups is 1. The van der Waals surface area contributed by atoms with Crippen LogP contribution in [0.25, 0.3) is 4.96 Å². The van der Waals surface area contributed by atoms with Gasteiger partial charge in [-0.15, -0.1) is 0 Å². The first-order valence-corrected chi connectivity index (χ1v) is 8.30. The van der Waals surface area contributed by atoms with E-state index in [4.69, 9.17) is 12.2 Å². The molecule has 1 aliphatic heterocycles. The van der Waals surface area contributed by atoms with Crippen LogP contribution in [0.15, 0.2) is 40.6 Å². The molecule has 4 rings (SSSR count). The van der Waals surface area contributed by atoms with Crippen molar-refractivity contribution in [3.8, 4) is 0 Å². The molecule has 0 saturated carbocycles. The molecule has 104 valence electrons. The number of rotatable bonds is 1. The lowest BCUT2D eigenvalue weighted by Crippen LogP contribution is -2.28. The molecule has 1 aromatic carbocycles. The third-order valence-electron chi connectivity index (χ3n) is 3.21. The number of anilines is 1. The van der Waals surface area contributed by atoms with Crippen molar-refractivity contribution in [2.75, 3.05) is 5.32 Å². The highest BCUT2D eigenvalue weighted by molar-refractivity contribution is 8.23. The highest BCUT2D eigenvalue weighted by atomic mass is 32.2. The Balaban J connectivity index is 2.03. The van der Waals surface area contributed by atoms with E-state index in [-0.39, 0.29) is 10.8 Å². The topological polar surface area (TPSA) is 59.3 Å². The zero-order valence-electron chi connectivity index (χ0n) is 10.5. The van der Waals surface area contributed by atoms with Gasteiger partial charge in [0.05, 0.1) is 10.8 Å². The summed E-state index contributed by atoms with van der Waals surface area (Å²) in [5.74, 6) is 0.629. The molecule has 1 N–H and O–H groups in total. The van der Waals surface area contributed by atoms with Crippen LogP contribution in [0.1, 0.15) is 16.4 Å². The van der Waals surface area contributed by atoms with Gasteiger partial charge in [-0.3, -0.25) is 4.79 Å². The second-order valence-corrected chi connectivity index (χ2v) is 7.03. The lowest BCUT2D eigenvalue weighted by Gasteiger charge is -2.25. The number of nitrogens with one attached hydrogen (secondary N) is 1. The molecule has 0 fully saturated rings. The van der Waals surface area contributed by atoms with Crippen LogP contribution < -0.4 is 10.9 Å². The summed E-state index contributed by atoms with van der Waals surface area (Å²) in [5.41, 5.74) is 3.06. The Hall–Kier alpha value is -1.77. The molecular weight excluding hydrogens is 324 g/mol. The summed E-state index contributed by atoms with van der Waals surface area (Å²) >= 11 is 8.10. The number of aromatic nitrogens is 3. The Kier molecular flexibility index (Phi) is 3.02. The predicted octanol–water partition coefficient (Wildman–Crippen LogP) is 2.68. The molecule has 3 heterocycles. The zero-order valence-corrected chi connectivity index (χ0v) is 13.0. The van der Waals surface area contributed by atoms with E-state index in [1.807, 2.05) is 30.3 Å². The van der Waals surface area contributed by atoms with Gasteiger partial charge in [0.15, 0.2) is 0 Å². The van der Waals surface area contributed by atoms with E-state index < -0.39 is 0 Å². The maximum atomic E-state index is 12.4. The third kappa shape index (κ3) is 2.06. The van der Waals surface area contributed by atoms with Gasteiger partial charge in [-0.25, -0.2) is 0 Å².